The van der Waals surface area contributed by atoms with Crippen LogP contribution in [0, 0.1) is 17.3 Å². The van der Waals surface area contributed by atoms with E-state index in [1.54, 1.807) is 0 Å². The number of aliphatic hydroxyl groups is 1. The zero-order chi connectivity index (χ0) is 15.9. The standard InChI is InChI=1S/C18H25N3O2/c22-12-18-8-4-7-14(18)10-21(11-18)17(23)15-9-19-20-16(15)13-5-2-1-3-6-13/h1-3,5-6,14-16,19-20,22H,4,7-12H2/t14-,15?,16?,18+/m0/s1. The lowest BCUT2D eigenvalue weighted by Gasteiger charge is -2.28. The van der Waals surface area contributed by atoms with Crippen LogP contribution in [-0.4, -0.2) is 42.2 Å². The van der Waals surface area contributed by atoms with Gasteiger partial charge in [0.2, 0.25) is 5.91 Å². The maximum atomic E-state index is 13.1. The Balaban J connectivity index is 1.51. The van der Waals surface area contributed by atoms with Crippen LogP contribution < -0.4 is 10.9 Å². The predicted molar refractivity (Wildman–Crippen MR) is 87.3 cm³/mol. The number of fused-ring (bicyclic) bond motifs is 1. The molecule has 0 radical (unpaired) electrons. The largest absolute Gasteiger partial charge is 0.396 e. The highest BCUT2D eigenvalue weighted by molar-refractivity contribution is 5.81. The van der Waals surface area contributed by atoms with Gasteiger partial charge in [0.15, 0.2) is 0 Å². The van der Waals surface area contributed by atoms with Crippen molar-refractivity contribution in [2.75, 3.05) is 26.2 Å². The van der Waals surface area contributed by atoms with Gasteiger partial charge in [-0.15, -0.1) is 0 Å². The summed E-state index contributed by atoms with van der Waals surface area (Å²) in [5, 5.41) is 9.86. The molecule has 0 spiro atoms. The van der Waals surface area contributed by atoms with Crippen molar-refractivity contribution in [1.82, 2.24) is 15.8 Å². The second kappa shape index (κ2) is 5.89. The zero-order valence-corrected chi connectivity index (χ0v) is 13.4. The molecule has 124 valence electrons. The monoisotopic (exact) mass is 315 g/mol. The summed E-state index contributed by atoms with van der Waals surface area (Å²) in [4.78, 5) is 15.1. The van der Waals surface area contributed by atoms with E-state index in [2.05, 4.69) is 23.0 Å². The molecule has 3 aliphatic rings. The van der Waals surface area contributed by atoms with Gasteiger partial charge in [-0.2, -0.15) is 0 Å². The molecule has 3 fully saturated rings. The average Bonchev–Trinajstić information content (AvgIpc) is 3.28. The summed E-state index contributed by atoms with van der Waals surface area (Å²) in [6, 6.07) is 10.2. The van der Waals surface area contributed by atoms with Gasteiger partial charge in [0.1, 0.15) is 0 Å². The van der Waals surface area contributed by atoms with Crippen molar-refractivity contribution >= 4 is 5.91 Å². The van der Waals surface area contributed by atoms with Crippen LogP contribution in [-0.2, 0) is 4.79 Å². The molecule has 5 heteroatoms. The number of benzene rings is 1. The second-order valence-electron chi connectivity index (χ2n) is 7.35. The van der Waals surface area contributed by atoms with Gasteiger partial charge < -0.3 is 10.0 Å². The fraction of sp³-hybridized carbons (Fsp3) is 0.611. The summed E-state index contributed by atoms with van der Waals surface area (Å²) in [6.45, 7) is 2.42. The van der Waals surface area contributed by atoms with E-state index in [1.807, 2.05) is 23.1 Å². The first-order chi connectivity index (χ1) is 11.2. The summed E-state index contributed by atoms with van der Waals surface area (Å²) in [5.41, 5.74) is 7.52. The third kappa shape index (κ3) is 2.47. The highest BCUT2D eigenvalue weighted by atomic mass is 16.3. The SMILES string of the molecule is O=C(C1CNNC1c1ccccc1)N1C[C@@H]2CCC[C@]2(CO)C1. The van der Waals surface area contributed by atoms with Crippen LogP contribution in [0.3, 0.4) is 0 Å². The molecule has 23 heavy (non-hydrogen) atoms. The number of amides is 1. The van der Waals surface area contributed by atoms with Crippen molar-refractivity contribution in [1.29, 1.82) is 0 Å². The topological polar surface area (TPSA) is 64.6 Å². The van der Waals surface area contributed by atoms with E-state index < -0.39 is 0 Å². The average molecular weight is 315 g/mol. The first kappa shape index (κ1) is 15.1. The molecule has 4 atom stereocenters. The van der Waals surface area contributed by atoms with Gasteiger partial charge in [0, 0.05) is 25.0 Å². The van der Waals surface area contributed by atoms with Gasteiger partial charge in [-0.05, 0) is 24.3 Å². The van der Waals surface area contributed by atoms with Crippen LogP contribution in [0.5, 0.6) is 0 Å². The summed E-state index contributed by atoms with van der Waals surface area (Å²) < 4.78 is 0. The Labute approximate surface area is 137 Å². The quantitative estimate of drug-likeness (QED) is 0.781. The summed E-state index contributed by atoms with van der Waals surface area (Å²) in [6.07, 6.45) is 3.39. The number of hydrogen-bond donors (Lipinski definition) is 3. The van der Waals surface area contributed by atoms with Crippen molar-refractivity contribution in [3.05, 3.63) is 35.9 Å². The minimum Gasteiger partial charge on any atom is -0.396 e. The summed E-state index contributed by atoms with van der Waals surface area (Å²) in [7, 11) is 0. The maximum Gasteiger partial charge on any atom is 0.229 e. The van der Waals surface area contributed by atoms with Crippen molar-refractivity contribution < 1.29 is 9.90 Å². The molecular formula is C18H25N3O2. The molecule has 2 unspecified atom stereocenters. The van der Waals surface area contributed by atoms with Crippen molar-refractivity contribution in [2.45, 2.75) is 25.3 Å². The molecule has 2 aliphatic heterocycles. The van der Waals surface area contributed by atoms with Gasteiger partial charge in [-0.3, -0.25) is 10.2 Å². The predicted octanol–water partition coefficient (Wildman–Crippen LogP) is 1.07. The first-order valence-corrected chi connectivity index (χ1v) is 8.66. The molecule has 5 nitrogen and oxygen atoms in total. The van der Waals surface area contributed by atoms with Crippen LogP contribution in [0.4, 0.5) is 0 Å². The van der Waals surface area contributed by atoms with Gasteiger partial charge in [-0.25, -0.2) is 5.43 Å². The number of hydrogen-bond acceptors (Lipinski definition) is 4. The molecule has 0 aromatic heterocycles. The van der Waals surface area contributed by atoms with Crippen LogP contribution in [0.2, 0.25) is 0 Å². The molecule has 1 aliphatic carbocycles. The highest BCUT2D eigenvalue weighted by Gasteiger charge is 2.51. The van der Waals surface area contributed by atoms with Crippen molar-refractivity contribution in [2.24, 2.45) is 17.3 Å². The Kier molecular flexibility index (Phi) is 3.87. The number of likely N-dealkylation sites (tertiary alicyclic amines) is 1. The van der Waals surface area contributed by atoms with Crippen LogP contribution in [0.25, 0.3) is 0 Å². The second-order valence-corrected chi connectivity index (χ2v) is 7.35. The van der Waals surface area contributed by atoms with E-state index in [4.69, 9.17) is 0 Å². The minimum atomic E-state index is -0.0769. The van der Waals surface area contributed by atoms with Gasteiger partial charge in [-0.1, -0.05) is 36.8 Å². The summed E-state index contributed by atoms with van der Waals surface area (Å²) in [5.74, 6) is 0.625. The number of aliphatic hydroxyl groups excluding tert-OH is 1. The van der Waals surface area contributed by atoms with Gasteiger partial charge in [0.25, 0.3) is 0 Å². The van der Waals surface area contributed by atoms with E-state index in [9.17, 15) is 9.90 Å². The molecule has 0 bridgehead atoms. The molecule has 1 aromatic carbocycles. The number of hydrazine groups is 1. The fourth-order valence-corrected chi connectivity index (χ4v) is 4.78. The number of nitrogens with zero attached hydrogens (tertiary/aromatic N) is 1. The Morgan fingerprint density at radius 3 is 2.91 bits per heavy atom. The molecule has 2 heterocycles. The number of carbonyl (C=O) groups excluding carboxylic acids is 1. The molecular weight excluding hydrogens is 290 g/mol. The van der Waals surface area contributed by atoms with E-state index >= 15 is 0 Å². The van der Waals surface area contributed by atoms with E-state index in [0.717, 1.165) is 31.5 Å². The normalized spacial score (nSPS) is 36.4. The molecule has 1 amide bonds. The lowest BCUT2D eigenvalue weighted by Crippen LogP contribution is -2.39. The number of carbonyl (C=O) groups is 1. The lowest BCUT2D eigenvalue weighted by atomic mass is 9.82. The third-order valence-electron chi connectivity index (χ3n) is 6.12. The zero-order valence-electron chi connectivity index (χ0n) is 13.4. The molecule has 1 saturated carbocycles. The Hall–Kier alpha value is -1.43. The molecule has 4 rings (SSSR count). The van der Waals surface area contributed by atoms with E-state index in [0.29, 0.717) is 12.5 Å². The third-order valence-corrected chi connectivity index (χ3v) is 6.12. The Morgan fingerprint density at radius 2 is 2.17 bits per heavy atom. The van der Waals surface area contributed by atoms with Crippen molar-refractivity contribution in [3.63, 3.8) is 0 Å². The molecule has 1 aromatic rings. The van der Waals surface area contributed by atoms with Gasteiger partial charge >= 0.3 is 0 Å². The van der Waals surface area contributed by atoms with Gasteiger partial charge in [0.05, 0.1) is 18.6 Å². The van der Waals surface area contributed by atoms with Crippen LogP contribution >= 0.6 is 0 Å². The Bertz CT molecular complexity index is 579. The lowest BCUT2D eigenvalue weighted by molar-refractivity contribution is -0.135. The number of rotatable bonds is 3. The first-order valence-electron chi connectivity index (χ1n) is 8.66. The summed E-state index contributed by atoms with van der Waals surface area (Å²) >= 11 is 0. The number of nitrogens with one attached hydrogen (secondary N) is 2. The molecule has 3 N–H and O–H groups in total. The Morgan fingerprint density at radius 1 is 1.35 bits per heavy atom. The van der Waals surface area contributed by atoms with Crippen LogP contribution in [0.1, 0.15) is 30.9 Å². The fourth-order valence-electron chi connectivity index (χ4n) is 4.78. The smallest absolute Gasteiger partial charge is 0.229 e. The highest BCUT2D eigenvalue weighted by Crippen LogP contribution is 2.48. The maximum absolute atomic E-state index is 13.1. The van der Waals surface area contributed by atoms with Crippen LogP contribution in [0.15, 0.2) is 30.3 Å². The molecule has 2 saturated heterocycles. The van der Waals surface area contributed by atoms with Crippen molar-refractivity contribution in [3.8, 4) is 0 Å². The minimum absolute atomic E-state index is 0.0224. The van der Waals surface area contributed by atoms with E-state index in [1.165, 1.54) is 6.42 Å². The van der Waals surface area contributed by atoms with E-state index in [-0.39, 0.29) is 29.9 Å².